The van der Waals surface area contributed by atoms with Crippen LogP contribution in [0.15, 0.2) is 36.5 Å². The molecule has 30 heavy (non-hydrogen) atoms. The van der Waals surface area contributed by atoms with Crippen LogP contribution in [0.25, 0.3) is 10.9 Å². The molecule has 0 unspecified atom stereocenters. The van der Waals surface area contributed by atoms with Crippen molar-refractivity contribution in [2.24, 2.45) is 5.92 Å². The normalized spacial score (nSPS) is 15.9. The summed E-state index contributed by atoms with van der Waals surface area (Å²) in [4.78, 5) is 23.5. The Morgan fingerprint density at radius 2 is 2.23 bits per heavy atom. The minimum Gasteiger partial charge on any atom is -0.505 e. The number of aromatic nitrogens is 2. The number of amides is 1. The molecule has 3 heterocycles. The fraction of sp³-hybridized carbons (Fsp3) is 0.273. The molecule has 0 aliphatic carbocycles. The second kappa shape index (κ2) is 8.17. The Balaban J connectivity index is 1.53. The Morgan fingerprint density at radius 3 is 2.93 bits per heavy atom. The van der Waals surface area contributed by atoms with Gasteiger partial charge in [-0.15, -0.1) is 0 Å². The van der Waals surface area contributed by atoms with Crippen molar-refractivity contribution >= 4 is 34.2 Å². The number of carbonyl (C=O) groups is 1. The van der Waals surface area contributed by atoms with Gasteiger partial charge in [-0.25, -0.2) is 9.97 Å². The number of nitrogens with one attached hydrogen (secondary N) is 1. The van der Waals surface area contributed by atoms with E-state index in [1.54, 1.807) is 24.3 Å². The molecule has 7 nitrogen and oxygen atoms in total. The highest BCUT2D eigenvalue weighted by Crippen LogP contribution is 2.29. The monoisotopic (exact) mass is 421 g/mol. The summed E-state index contributed by atoms with van der Waals surface area (Å²) < 4.78 is 0. The molecule has 152 valence electrons. The topological polar surface area (TPSA) is 102 Å². The van der Waals surface area contributed by atoms with Crippen LogP contribution in [-0.2, 0) is 6.54 Å². The Kier molecular flexibility index (Phi) is 5.42. The quantitative estimate of drug-likeness (QED) is 0.666. The number of nitrogens with zero attached hydrogens (tertiary/aromatic N) is 4. The van der Waals surface area contributed by atoms with Gasteiger partial charge < -0.3 is 15.3 Å². The molecule has 1 aliphatic heterocycles. The number of pyridine rings is 2. The highest BCUT2D eigenvalue weighted by molar-refractivity contribution is 6.31. The highest BCUT2D eigenvalue weighted by atomic mass is 35.5. The van der Waals surface area contributed by atoms with Gasteiger partial charge in [0.05, 0.1) is 23.3 Å². The third kappa shape index (κ3) is 3.87. The Morgan fingerprint density at radius 1 is 1.40 bits per heavy atom. The zero-order valence-corrected chi connectivity index (χ0v) is 17.1. The van der Waals surface area contributed by atoms with Crippen molar-refractivity contribution in [1.29, 1.82) is 5.26 Å². The second-order valence-electron chi connectivity index (χ2n) is 7.50. The number of benzene rings is 1. The maximum Gasteiger partial charge on any atom is 0.274 e. The van der Waals surface area contributed by atoms with Crippen molar-refractivity contribution < 1.29 is 9.90 Å². The molecule has 1 saturated heterocycles. The van der Waals surface area contributed by atoms with Crippen LogP contribution in [0.1, 0.15) is 35.0 Å². The van der Waals surface area contributed by atoms with Gasteiger partial charge in [0.1, 0.15) is 5.82 Å². The molecule has 1 atom stereocenters. The number of carbonyl (C=O) groups excluding carboxylic acids is 1. The van der Waals surface area contributed by atoms with Crippen LogP contribution in [0, 0.1) is 17.2 Å². The number of aromatic hydroxyl groups is 1. The van der Waals surface area contributed by atoms with Crippen molar-refractivity contribution in [2.45, 2.75) is 19.9 Å². The highest BCUT2D eigenvalue weighted by Gasteiger charge is 2.21. The van der Waals surface area contributed by atoms with Crippen molar-refractivity contribution in [3.8, 4) is 11.8 Å². The number of halogens is 1. The molecule has 1 fully saturated rings. The first-order valence-electron chi connectivity index (χ1n) is 9.66. The summed E-state index contributed by atoms with van der Waals surface area (Å²) >= 11 is 6.14. The largest absolute Gasteiger partial charge is 0.505 e. The smallest absolute Gasteiger partial charge is 0.274 e. The Labute approximate surface area is 178 Å². The molecular weight excluding hydrogens is 402 g/mol. The van der Waals surface area contributed by atoms with Crippen molar-refractivity contribution in [3.63, 3.8) is 0 Å². The van der Waals surface area contributed by atoms with E-state index in [0.29, 0.717) is 33.0 Å². The molecule has 3 aromatic rings. The van der Waals surface area contributed by atoms with Gasteiger partial charge in [0.25, 0.3) is 5.91 Å². The average molecular weight is 422 g/mol. The molecule has 0 saturated carbocycles. The zero-order chi connectivity index (χ0) is 21.3. The molecule has 1 aromatic carbocycles. The van der Waals surface area contributed by atoms with Gasteiger partial charge in [0.15, 0.2) is 11.4 Å². The molecule has 4 rings (SSSR count). The SMILES string of the molecule is C[C@@H]1CCN(c2ccc3c(O)c(C(=O)NCc4ccc(C#N)cc4Cl)ncc3n2)C1. The van der Waals surface area contributed by atoms with Gasteiger partial charge in [-0.1, -0.05) is 24.6 Å². The predicted molar refractivity (Wildman–Crippen MR) is 115 cm³/mol. The number of rotatable bonds is 4. The molecule has 8 heteroatoms. The molecule has 1 aliphatic rings. The van der Waals surface area contributed by atoms with Crippen LogP contribution in [0.5, 0.6) is 5.75 Å². The standard InChI is InChI=1S/C22H20ClN5O2/c1-13-6-7-28(12-13)19-5-4-16-18(27-19)11-25-20(21(16)29)22(30)26-10-15-3-2-14(9-24)8-17(15)23/h2-5,8,11,13,29H,6-7,10,12H2,1H3,(H,26,30)/t13-/m1/s1. The number of anilines is 1. The summed E-state index contributed by atoms with van der Waals surface area (Å²) in [6, 6.07) is 10.5. The first kappa shape index (κ1) is 19.9. The summed E-state index contributed by atoms with van der Waals surface area (Å²) in [5, 5.41) is 23.1. The second-order valence-corrected chi connectivity index (χ2v) is 7.91. The molecule has 2 N–H and O–H groups in total. The summed E-state index contributed by atoms with van der Waals surface area (Å²) in [5.41, 5.74) is 1.57. The Bertz CT molecular complexity index is 1170. The van der Waals surface area contributed by atoms with E-state index in [9.17, 15) is 9.90 Å². The number of hydrogen-bond acceptors (Lipinski definition) is 6. The minimum absolute atomic E-state index is 0.0726. The summed E-state index contributed by atoms with van der Waals surface area (Å²) in [6.07, 6.45) is 2.63. The van der Waals surface area contributed by atoms with E-state index in [-0.39, 0.29) is 18.0 Å². The number of fused-ring (bicyclic) bond motifs is 1. The maximum atomic E-state index is 12.6. The maximum absolute atomic E-state index is 12.6. The summed E-state index contributed by atoms with van der Waals surface area (Å²) in [5.74, 6) is 0.752. The lowest BCUT2D eigenvalue weighted by Crippen LogP contribution is -2.24. The van der Waals surface area contributed by atoms with Crippen LogP contribution in [-0.4, -0.2) is 34.1 Å². The summed E-state index contributed by atoms with van der Waals surface area (Å²) in [7, 11) is 0. The first-order valence-corrected chi connectivity index (χ1v) is 10.0. The number of nitriles is 1. The fourth-order valence-electron chi connectivity index (χ4n) is 3.58. The van der Waals surface area contributed by atoms with E-state index in [4.69, 9.17) is 16.9 Å². The molecular formula is C22H20ClN5O2. The van der Waals surface area contributed by atoms with E-state index in [2.05, 4.69) is 27.1 Å². The van der Waals surface area contributed by atoms with Gasteiger partial charge in [-0.3, -0.25) is 4.79 Å². The van der Waals surface area contributed by atoms with E-state index in [1.165, 1.54) is 6.20 Å². The molecule has 0 radical (unpaired) electrons. The molecule has 1 amide bonds. The third-order valence-corrected chi connectivity index (χ3v) is 5.64. The van der Waals surface area contributed by atoms with Crippen molar-refractivity contribution in [2.75, 3.05) is 18.0 Å². The van der Waals surface area contributed by atoms with Crippen molar-refractivity contribution in [3.05, 3.63) is 58.4 Å². The third-order valence-electron chi connectivity index (χ3n) is 5.29. The van der Waals surface area contributed by atoms with Crippen LogP contribution >= 0.6 is 11.6 Å². The average Bonchev–Trinajstić information content (AvgIpc) is 3.19. The molecule has 0 spiro atoms. The summed E-state index contributed by atoms with van der Waals surface area (Å²) in [6.45, 7) is 4.27. The van der Waals surface area contributed by atoms with Gasteiger partial charge in [0.2, 0.25) is 0 Å². The number of hydrogen-bond donors (Lipinski definition) is 2. The van der Waals surface area contributed by atoms with Gasteiger partial charge in [-0.05, 0) is 42.2 Å². The van der Waals surface area contributed by atoms with E-state index in [0.717, 1.165) is 25.3 Å². The lowest BCUT2D eigenvalue weighted by atomic mass is 10.1. The van der Waals surface area contributed by atoms with Crippen LogP contribution in [0.4, 0.5) is 5.82 Å². The minimum atomic E-state index is -0.521. The Hall–Kier alpha value is -3.37. The van der Waals surface area contributed by atoms with Gasteiger partial charge in [0, 0.05) is 30.0 Å². The van der Waals surface area contributed by atoms with E-state index >= 15 is 0 Å². The van der Waals surface area contributed by atoms with E-state index < -0.39 is 5.91 Å². The first-order chi connectivity index (χ1) is 14.5. The van der Waals surface area contributed by atoms with Crippen LogP contribution in [0.2, 0.25) is 5.02 Å². The predicted octanol–water partition coefficient (Wildman–Crippen LogP) is 3.64. The molecule has 0 bridgehead atoms. The van der Waals surface area contributed by atoms with Crippen molar-refractivity contribution in [1.82, 2.24) is 15.3 Å². The van der Waals surface area contributed by atoms with Crippen LogP contribution < -0.4 is 10.2 Å². The lowest BCUT2D eigenvalue weighted by molar-refractivity contribution is 0.0943. The fourth-order valence-corrected chi connectivity index (χ4v) is 3.83. The van der Waals surface area contributed by atoms with Gasteiger partial charge >= 0.3 is 0 Å². The van der Waals surface area contributed by atoms with E-state index in [1.807, 2.05) is 12.1 Å². The molecule has 2 aromatic heterocycles. The lowest BCUT2D eigenvalue weighted by Gasteiger charge is -2.17. The van der Waals surface area contributed by atoms with Gasteiger partial charge in [-0.2, -0.15) is 5.26 Å². The van der Waals surface area contributed by atoms with Crippen LogP contribution in [0.3, 0.4) is 0 Å². The zero-order valence-electron chi connectivity index (χ0n) is 16.4.